The normalized spacial score (nSPS) is 16.7. The number of hydrogen-bond donors (Lipinski definition) is 2. The molecule has 0 bridgehead atoms. The van der Waals surface area contributed by atoms with Gasteiger partial charge in [0.15, 0.2) is 0 Å². The van der Waals surface area contributed by atoms with Crippen molar-refractivity contribution in [3.63, 3.8) is 0 Å². The molecule has 1 rings (SSSR count). The van der Waals surface area contributed by atoms with E-state index in [-0.39, 0.29) is 42.6 Å². The molecule has 56 heavy (non-hydrogen) atoms. The molecule has 1 saturated carbocycles. The van der Waals surface area contributed by atoms with Gasteiger partial charge in [0.25, 0.3) is 0 Å². The largest absolute Gasteiger partial charge is 0.462 e. The Morgan fingerprint density at radius 3 is 1.02 bits per heavy atom. The van der Waals surface area contributed by atoms with Crippen LogP contribution in [0.3, 0.4) is 0 Å². The maximum atomic E-state index is 12.8. The molecule has 8 nitrogen and oxygen atoms in total. The van der Waals surface area contributed by atoms with Crippen molar-refractivity contribution in [1.29, 1.82) is 0 Å². The van der Waals surface area contributed by atoms with Crippen LogP contribution in [-0.2, 0) is 28.7 Å². The third kappa shape index (κ3) is 32.9. The van der Waals surface area contributed by atoms with E-state index in [1.54, 1.807) is 0 Å². The van der Waals surface area contributed by atoms with Gasteiger partial charge in [-0.2, -0.15) is 0 Å². The predicted molar refractivity (Wildman–Crippen MR) is 233 cm³/mol. The number of carbonyl (C=O) groups excluding carboxylic acids is 4. The lowest BCUT2D eigenvalue weighted by molar-refractivity contribution is -0.160. The SMILES string of the molecule is CCCCCCCCCCCCCCCCCC(=O)OC1CC(NC(=O)CCC(=O)NCC)CC(OC(=O)CCCCCCCCCCCCCCCCC)C1. The van der Waals surface area contributed by atoms with Gasteiger partial charge in [-0.25, -0.2) is 0 Å². The van der Waals surface area contributed by atoms with E-state index in [2.05, 4.69) is 24.5 Å². The number of carbonyl (C=O) groups is 4. The van der Waals surface area contributed by atoms with Crippen LogP contribution in [0, 0.1) is 0 Å². The number of esters is 2. The van der Waals surface area contributed by atoms with Crippen molar-refractivity contribution in [1.82, 2.24) is 10.6 Å². The summed E-state index contributed by atoms with van der Waals surface area (Å²) in [5, 5.41) is 5.74. The fourth-order valence-corrected chi connectivity index (χ4v) is 8.11. The molecular weight excluding hydrogens is 701 g/mol. The second-order valence-corrected chi connectivity index (χ2v) is 17.0. The molecule has 0 aromatic heterocycles. The average molecular weight is 791 g/mol. The summed E-state index contributed by atoms with van der Waals surface area (Å²) in [6.07, 6.45) is 40.0. The van der Waals surface area contributed by atoms with Crippen LogP contribution < -0.4 is 10.6 Å². The summed E-state index contributed by atoms with van der Waals surface area (Å²) in [4.78, 5) is 50.3. The Morgan fingerprint density at radius 1 is 0.393 bits per heavy atom. The zero-order chi connectivity index (χ0) is 40.7. The summed E-state index contributed by atoms with van der Waals surface area (Å²) in [5.41, 5.74) is 0. The first-order valence-corrected chi connectivity index (χ1v) is 24.3. The van der Waals surface area contributed by atoms with Crippen molar-refractivity contribution in [2.75, 3.05) is 6.54 Å². The third-order valence-electron chi connectivity index (χ3n) is 11.5. The second kappa shape index (κ2) is 38.4. The molecule has 0 saturated heterocycles. The molecule has 1 fully saturated rings. The van der Waals surface area contributed by atoms with Crippen LogP contribution in [-0.4, -0.2) is 48.5 Å². The molecule has 0 spiro atoms. The van der Waals surface area contributed by atoms with Crippen LogP contribution in [0.4, 0.5) is 0 Å². The fourth-order valence-electron chi connectivity index (χ4n) is 8.11. The lowest BCUT2D eigenvalue weighted by Crippen LogP contribution is -2.46. The third-order valence-corrected chi connectivity index (χ3v) is 11.5. The highest BCUT2D eigenvalue weighted by Crippen LogP contribution is 2.26. The quantitative estimate of drug-likeness (QED) is 0.0474. The Bertz CT molecular complexity index is 902. The molecule has 2 amide bonds. The van der Waals surface area contributed by atoms with Gasteiger partial charge in [0.1, 0.15) is 12.2 Å². The molecule has 0 aromatic carbocycles. The molecule has 0 aliphatic heterocycles. The molecule has 2 atom stereocenters. The highest BCUT2D eigenvalue weighted by atomic mass is 16.6. The summed E-state index contributed by atoms with van der Waals surface area (Å²) in [6.45, 7) is 6.92. The van der Waals surface area contributed by atoms with Crippen LogP contribution in [0.5, 0.6) is 0 Å². The zero-order valence-electron chi connectivity index (χ0n) is 37.1. The Labute approximate surface area is 345 Å². The molecule has 328 valence electrons. The van der Waals surface area contributed by atoms with E-state index in [4.69, 9.17) is 9.47 Å². The Morgan fingerprint density at radius 2 is 0.696 bits per heavy atom. The fraction of sp³-hybridized carbons (Fsp3) is 0.917. The summed E-state index contributed by atoms with van der Waals surface area (Å²) in [5.74, 6) is -0.789. The molecule has 0 heterocycles. The van der Waals surface area contributed by atoms with Gasteiger partial charge in [0.2, 0.25) is 11.8 Å². The number of unbranched alkanes of at least 4 members (excludes halogenated alkanes) is 28. The van der Waals surface area contributed by atoms with E-state index in [9.17, 15) is 19.2 Å². The molecule has 1 aliphatic rings. The molecule has 2 unspecified atom stereocenters. The first kappa shape index (κ1) is 51.9. The van der Waals surface area contributed by atoms with Crippen LogP contribution in [0.25, 0.3) is 0 Å². The van der Waals surface area contributed by atoms with Gasteiger partial charge in [-0.15, -0.1) is 0 Å². The Balaban J connectivity index is 2.31. The molecule has 0 radical (unpaired) electrons. The van der Waals surface area contributed by atoms with Crippen molar-refractivity contribution in [3.05, 3.63) is 0 Å². The smallest absolute Gasteiger partial charge is 0.306 e. The molecule has 8 heteroatoms. The molecule has 2 N–H and O–H groups in total. The highest BCUT2D eigenvalue weighted by molar-refractivity contribution is 5.83. The second-order valence-electron chi connectivity index (χ2n) is 17.0. The minimum Gasteiger partial charge on any atom is -0.462 e. The number of ether oxygens (including phenoxy) is 2. The number of nitrogens with one attached hydrogen (secondary N) is 2. The Hall–Kier alpha value is -2.12. The first-order valence-electron chi connectivity index (χ1n) is 24.3. The van der Waals surface area contributed by atoms with E-state index in [0.29, 0.717) is 38.6 Å². The number of rotatable bonds is 39. The van der Waals surface area contributed by atoms with E-state index in [1.807, 2.05) is 6.92 Å². The zero-order valence-corrected chi connectivity index (χ0v) is 37.1. The molecular formula is C48H90N2O6. The summed E-state index contributed by atoms with van der Waals surface area (Å²) in [6, 6.07) is -0.280. The van der Waals surface area contributed by atoms with Crippen molar-refractivity contribution >= 4 is 23.8 Å². The standard InChI is InChI=1S/C48H90N2O6/c1-4-7-9-11-13-15-17-19-21-23-25-27-29-31-33-35-47(53)55-43-39-42(50-46(52)38-37-45(51)49-6-3)40-44(41-43)56-48(54)36-34-32-30-28-26-24-22-20-18-16-14-12-10-8-5-2/h42-44H,4-41H2,1-3H3,(H,49,51)(H,50,52). The van der Waals surface area contributed by atoms with Gasteiger partial charge in [0, 0.05) is 57.5 Å². The maximum absolute atomic E-state index is 12.8. The average Bonchev–Trinajstić information content (AvgIpc) is 3.17. The van der Waals surface area contributed by atoms with Gasteiger partial charge < -0.3 is 20.1 Å². The lowest BCUT2D eigenvalue weighted by atomic mass is 9.90. The van der Waals surface area contributed by atoms with Gasteiger partial charge in [0.05, 0.1) is 0 Å². The minimum atomic E-state index is -0.412. The van der Waals surface area contributed by atoms with Crippen LogP contribution >= 0.6 is 0 Å². The van der Waals surface area contributed by atoms with Gasteiger partial charge >= 0.3 is 11.9 Å². The number of hydrogen-bond acceptors (Lipinski definition) is 6. The van der Waals surface area contributed by atoms with E-state index >= 15 is 0 Å². The monoisotopic (exact) mass is 791 g/mol. The van der Waals surface area contributed by atoms with E-state index in [1.165, 1.54) is 154 Å². The summed E-state index contributed by atoms with van der Waals surface area (Å²) < 4.78 is 11.8. The van der Waals surface area contributed by atoms with Gasteiger partial charge in [-0.1, -0.05) is 194 Å². The summed E-state index contributed by atoms with van der Waals surface area (Å²) >= 11 is 0. The lowest BCUT2D eigenvalue weighted by Gasteiger charge is -2.34. The van der Waals surface area contributed by atoms with Crippen molar-refractivity contribution in [2.24, 2.45) is 0 Å². The predicted octanol–water partition coefficient (Wildman–Crippen LogP) is 12.9. The highest BCUT2D eigenvalue weighted by Gasteiger charge is 2.34. The van der Waals surface area contributed by atoms with Crippen LogP contribution in [0.2, 0.25) is 0 Å². The molecule has 0 aromatic rings. The first-order chi connectivity index (χ1) is 27.4. The van der Waals surface area contributed by atoms with Gasteiger partial charge in [-0.05, 0) is 19.8 Å². The van der Waals surface area contributed by atoms with Crippen molar-refractivity contribution in [2.45, 2.75) is 277 Å². The van der Waals surface area contributed by atoms with Crippen molar-refractivity contribution < 1.29 is 28.7 Å². The number of amides is 2. The summed E-state index contributed by atoms with van der Waals surface area (Å²) in [7, 11) is 0. The minimum absolute atomic E-state index is 0.0929. The van der Waals surface area contributed by atoms with Crippen LogP contribution in [0.1, 0.15) is 258 Å². The van der Waals surface area contributed by atoms with Crippen LogP contribution in [0.15, 0.2) is 0 Å². The maximum Gasteiger partial charge on any atom is 0.306 e. The van der Waals surface area contributed by atoms with Crippen molar-refractivity contribution in [3.8, 4) is 0 Å². The molecule has 1 aliphatic carbocycles. The van der Waals surface area contributed by atoms with E-state index < -0.39 is 12.2 Å². The van der Waals surface area contributed by atoms with Gasteiger partial charge in [-0.3, -0.25) is 19.2 Å². The van der Waals surface area contributed by atoms with E-state index in [0.717, 1.165) is 38.5 Å². The topological polar surface area (TPSA) is 111 Å². The Kier molecular flexibility index (Phi) is 35.6.